The zero-order valence-electron chi connectivity index (χ0n) is 19.1. The van der Waals surface area contributed by atoms with E-state index in [9.17, 15) is 22.8 Å². The molecule has 1 aromatic heterocycles. The number of ether oxygens (including phenoxy) is 2. The monoisotopic (exact) mass is 519 g/mol. The number of ketones is 1. The molecule has 36 heavy (non-hydrogen) atoms. The van der Waals surface area contributed by atoms with E-state index in [2.05, 4.69) is 20.0 Å². The molecule has 2 aromatic carbocycles. The molecule has 1 saturated carbocycles. The second-order valence-electron chi connectivity index (χ2n) is 8.40. The lowest BCUT2D eigenvalue weighted by atomic mass is 9.99. The van der Waals surface area contributed by atoms with Crippen molar-refractivity contribution in [2.24, 2.45) is 5.92 Å². The summed E-state index contributed by atoms with van der Waals surface area (Å²) in [7, 11) is 0. The highest BCUT2D eigenvalue weighted by atomic mass is 35.5. The minimum absolute atomic E-state index is 0.0391. The summed E-state index contributed by atoms with van der Waals surface area (Å²) in [5.41, 5.74) is 1.89. The molecular formula is C25H21ClF3N3O4. The van der Waals surface area contributed by atoms with Crippen LogP contribution in [0.15, 0.2) is 48.8 Å². The predicted octanol–water partition coefficient (Wildman–Crippen LogP) is 5.83. The van der Waals surface area contributed by atoms with Gasteiger partial charge in [-0.2, -0.15) is 0 Å². The average molecular weight is 520 g/mol. The van der Waals surface area contributed by atoms with E-state index in [1.165, 1.54) is 24.5 Å². The molecule has 1 heterocycles. The Kier molecular flexibility index (Phi) is 7.44. The largest absolute Gasteiger partial charge is 0.573 e. The van der Waals surface area contributed by atoms with Crippen LogP contribution in [0.25, 0.3) is 0 Å². The molecule has 0 saturated heterocycles. The Morgan fingerprint density at radius 2 is 1.86 bits per heavy atom. The van der Waals surface area contributed by atoms with Crippen LogP contribution in [0.3, 0.4) is 0 Å². The van der Waals surface area contributed by atoms with Crippen molar-refractivity contribution in [2.45, 2.75) is 39.0 Å². The van der Waals surface area contributed by atoms with Crippen molar-refractivity contribution in [1.29, 1.82) is 0 Å². The molecule has 0 bridgehead atoms. The highest BCUT2D eigenvalue weighted by Crippen LogP contribution is 2.32. The molecular weight excluding hydrogens is 499 g/mol. The Balaban J connectivity index is 1.37. The van der Waals surface area contributed by atoms with E-state index in [1.807, 2.05) is 6.92 Å². The van der Waals surface area contributed by atoms with Crippen molar-refractivity contribution in [3.8, 4) is 17.4 Å². The first-order chi connectivity index (χ1) is 17.1. The first-order valence-corrected chi connectivity index (χ1v) is 11.4. The minimum atomic E-state index is -4.88. The lowest BCUT2D eigenvalue weighted by Gasteiger charge is -2.12. The first-order valence-electron chi connectivity index (χ1n) is 11.0. The Labute approximate surface area is 209 Å². The average Bonchev–Trinajstić information content (AvgIpc) is 3.63. The molecule has 3 aromatic rings. The van der Waals surface area contributed by atoms with E-state index in [4.69, 9.17) is 16.3 Å². The van der Waals surface area contributed by atoms with Crippen LogP contribution in [0, 0.1) is 12.8 Å². The lowest BCUT2D eigenvalue weighted by Crippen LogP contribution is -2.17. The third-order valence-electron chi connectivity index (χ3n) is 5.39. The molecule has 0 unspecified atom stereocenters. The molecule has 188 valence electrons. The Morgan fingerprint density at radius 1 is 1.08 bits per heavy atom. The standard InChI is InChI=1S/C25H21ClF3N3O4/c1-14-8-19(35-23-12-22(30-13-31-23)32-24(34)16-3-4-16)6-5-17(14)11-18(33)9-15-2-7-20(26)21(10-15)36-25(27,28)29/h2,5-8,10,12-13,16H,3-4,9,11H2,1H3,(H,30,31,32,34). The fraction of sp³-hybridized carbons (Fsp3) is 0.280. The van der Waals surface area contributed by atoms with Crippen molar-refractivity contribution in [2.75, 3.05) is 5.32 Å². The summed E-state index contributed by atoms with van der Waals surface area (Å²) in [6, 6.07) is 10.5. The number of carbonyl (C=O) groups is 2. The number of hydrogen-bond acceptors (Lipinski definition) is 6. The van der Waals surface area contributed by atoms with E-state index >= 15 is 0 Å². The SMILES string of the molecule is Cc1cc(Oc2cc(NC(=O)C3CC3)ncn2)ccc1CC(=O)Cc1ccc(Cl)c(OC(F)(F)F)c1. The number of hydrogen-bond donors (Lipinski definition) is 1. The van der Waals surface area contributed by atoms with Gasteiger partial charge < -0.3 is 14.8 Å². The lowest BCUT2D eigenvalue weighted by molar-refractivity contribution is -0.274. The van der Waals surface area contributed by atoms with Gasteiger partial charge in [-0.1, -0.05) is 23.7 Å². The smallest absolute Gasteiger partial charge is 0.439 e. The minimum Gasteiger partial charge on any atom is -0.439 e. The summed E-state index contributed by atoms with van der Waals surface area (Å²) in [4.78, 5) is 32.6. The molecule has 0 radical (unpaired) electrons. The van der Waals surface area contributed by atoms with Crippen LogP contribution in [-0.4, -0.2) is 28.0 Å². The van der Waals surface area contributed by atoms with Crippen molar-refractivity contribution in [3.05, 3.63) is 70.5 Å². The number of anilines is 1. The van der Waals surface area contributed by atoms with Gasteiger partial charge in [-0.3, -0.25) is 9.59 Å². The van der Waals surface area contributed by atoms with E-state index in [1.54, 1.807) is 18.2 Å². The molecule has 1 fully saturated rings. The van der Waals surface area contributed by atoms with Crippen LogP contribution in [0.5, 0.6) is 17.4 Å². The number of nitrogens with zero attached hydrogens (tertiary/aromatic N) is 2. The highest BCUT2D eigenvalue weighted by Gasteiger charge is 2.32. The maximum atomic E-state index is 12.6. The third-order valence-corrected chi connectivity index (χ3v) is 5.70. The van der Waals surface area contributed by atoms with Gasteiger partial charge in [-0.05, 0) is 60.7 Å². The molecule has 1 amide bonds. The van der Waals surface area contributed by atoms with Gasteiger partial charge in [0.05, 0.1) is 5.02 Å². The van der Waals surface area contributed by atoms with Crippen molar-refractivity contribution in [3.63, 3.8) is 0 Å². The molecule has 11 heteroatoms. The second-order valence-corrected chi connectivity index (χ2v) is 8.81. The molecule has 7 nitrogen and oxygen atoms in total. The van der Waals surface area contributed by atoms with E-state index < -0.39 is 12.1 Å². The summed E-state index contributed by atoms with van der Waals surface area (Å²) in [6.45, 7) is 1.81. The quantitative estimate of drug-likeness (QED) is 0.382. The summed E-state index contributed by atoms with van der Waals surface area (Å²) in [5, 5.41) is 2.53. The van der Waals surface area contributed by atoms with E-state index in [0.717, 1.165) is 30.0 Å². The summed E-state index contributed by atoms with van der Waals surface area (Å²) in [5.74, 6) is 0.296. The zero-order valence-corrected chi connectivity index (χ0v) is 19.8. The number of aryl methyl sites for hydroxylation is 1. The van der Waals surface area contributed by atoms with Gasteiger partial charge in [-0.25, -0.2) is 9.97 Å². The maximum Gasteiger partial charge on any atom is 0.573 e. The van der Waals surface area contributed by atoms with Gasteiger partial charge >= 0.3 is 6.36 Å². The Hall–Kier alpha value is -3.66. The molecule has 1 N–H and O–H groups in total. The first kappa shape index (κ1) is 25.4. The van der Waals surface area contributed by atoms with Gasteiger partial charge in [-0.15, -0.1) is 13.2 Å². The molecule has 0 atom stereocenters. The maximum absolute atomic E-state index is 12.6. The Bertz CT molecular complexity index is 1300. The van der Waals surface area contributed by atoms with Crippen molar-refractivity contribution in [1.82, 2.24) is 9.97 Å². The van der Waals surface area contributed by atoms with Crippen LogP contribution >= 0.6 is 11.6 Å². The number of halogens is 4. The van der Waals surface area contributed by atoms with Gasteiger partial charge in [0, 0.05) is 24.8 Å². The van der Waals surface area contributed by atoms with Gasteiger partial charge in [0.25, 0.3) is 0 Å². The highest BCUT2D eigenvalue weighted by molar-refractivity contribution is 6.32. The number of alkyl halides is 3. The molecule has 0 spiro atoms. The summed E-state index contributed by atoms with van der Waals surface area (Å²) < 4.78 is 47.3. The molecule has 0 aliphatic heterocycles. The fourth-order valence-corrected chi connectivity index (χ4v) is 3.61. The van der Waals surface area contributed by atoms with Gasteiger partial charge in [0.2, 0.25) is 11.8 Å². The van der Waals surface area contributed by atoms with Gasteiger partial charge in [0.1, 0.15) is 29.4 Å². The topological polar surface area (TPSA) is 90.4 Å². The Morgan fingerprint density at radius 3 is 2.56 bits per heavy atom. The van der Waals surface area contributed by atoms with Crippen LogP contribution in [0.2, 0.25) is 5.02 Å². The third kappa shape index (κ3) is 7.17. The zero-order chi connectivity index (χ0) is 25.9. The molecule has 1 aliphatic carbocycles. The van der Waals surface area contributed by atoms with E-state index in [-0.39, 0.29) is 41.4 Å². The normalized spacial score (nSPS) is 13.2. The molecule has 1 aliphatic rings. The predicted molar refractivity (Wildman–Crippen MR) is 125 cm³/mol. The van der Waals surface area contributed by atoms with E-state index in [0.29, 0.717) is 17.1 Å². The van der Waals surface area contributed by atoms with Crippen LogP contribution in [0.4, 0.5) is 19.0 Å². The number of benzene rings is 2. The van der Waals surface area contributed by atoms with Crippen molar-refractivity contribution < 1.29 is 32.2 Å². The molecule has 4 rings (SSSR count). The summed E-state index contributed by atoms with van der Waals surface area (Å²) >= 11 is 5.76. The van der Waals surface area contributed by atoms with Crippen LogP contribution < -0.4 is 14.8 Å². The van der Waals surface area contributed by atoms with Gasteiger partial charge in [0.15, 0.2) is 0 Å². The number of amides is 1. The van der Waals surface area contributed by atoms with Crippen LogP contribution in [0.1, 0.15) is 29.5 Å². The number of aromatic nitrogens is 2. The summed E-state index contributed by atoms with van der Waals surface area (Å²) in [6.07, 6.45) is -1.84. The van der Waals surface area contributed by atoms with Crippen molar-refractivity contribution >= 4 is 29.1 Å². The second kappa shape index (κ2) is 10.5. The number of nitrogens with one attached hydrogen (secondary N) is 1. The number of carbonyl (C=O) groups excluding carboxylic acids is 2. The number of Topliss-reactive ketones (excluding diaryl/α,β-unsaturated/α-hetero) is 1. The van der Waals surface area contributed by atoms with Crippen LogP contribution in [-0.2, 0) is 22.4 Å². The fourth-order valence-electron chi connectivity index (χ4n) is 3.45. The number of rotatable bonds is 9.